The smallest absolute Gasteiger partial charge is 0.416 e. The number of rotatable bonds is 5. The van der Waals surface area contributed by atoms with E-state index in [-0.39, 0.29) is 6.04 Å². The Hall–Kier alpha value is -2.51. The van der Waals surface area contributed by atoms with Gasteiger partial charge in [-0.15, -0.1) is 0 Å². The minimum absolute atomic E-state index is 0.350. The van der Waals surface area contributed by atoms with Crippen LogP contribution in [0.5, 0.6) is 0 Å². The molecule has 0 aliphatic carbocycles. The molecule has 1 aromatic carbocycles. The monoisotopic (exact) mass is 381 g/mol. The lowest BCUT2D eigenvalue weighted by Crippen LogP contribution is -2.41. The van der Waals surface area contributed by atoms with E-state index in [0.29, 0.717) is 25.9 Å². The second-order valence-corrected chi connectivity index (χ2v) is 6.73. The zero-order chi connectivity index (χ0) is 19.6. The zero-order valence-corrected chi connectivity index (χ0v) is 15.0. The SMILES string of the molecule is CCCc1ncc2n1CCN(C(=O)O)C2CCc1ccc(C(F)(F)F)cc1. The number of imidazole rings is 1. The van der Waals surface area contributed by atoms with Gasteiger partial charge in [0.1, 0.15) is 5.82 Å². The van der Waals surface area contributed by atoms with Crippen molar-refractivity contribution in [2.75, 3.05) is 6.54 Å². The van der Waals surface area contributed by atoms with E-state index in [1.54, 1.807) is 6.20 Å². The highest BCUT2D eigenvalue weighted by atomic mass is 19.4. The van der Waals surface area contributed by atoms with Gasteiger partial charge in [0.25, 0.3) is 0 Å². The largest absolute Gasteiger partial charge is 0.465 e. The quantitative estimate of drug-likeness (QED) is 0.828. The Morgan fingerprint density at radius 2 is 1.93 bits per heavy atom. The number of hydrogen-bond donors (Lipinski definition) is 1. The number of carboxylic acid groups (broad SMARTS) is 1. The van der Waals surface area contributed by atoms with Crippen LogP contribution in [0.2, 0.25) is 0 Å². The van der Waals surface area contributed by atoms with Crippen LogP contribution in [0.3, 0.4) is 0 Å². The van der Waals surface area contributed by atoms with Gasteiger partial charge in [-0.1, -0.05) is 19.1 Å². The maximum absolute atomic E-state index is 12.7. The standard InChI is InChI=1S/C19H22F3N3O2/c1-2-3-17-23-12-16-15(25(18(26)27)11-10-24(16)17)9-6-13-4-7-14(8-5-13)19(20,21)22/h4-5,7-8,12,15H,2-3,6,9-11H2,1H3,(H,26,27). The Morgan fingerprint density at radius 3 is 2.52 bits per heavy atom. The van der Waals surface area contributed by atoms with E-state index in [1.165, 1.54) is 17.0 Å². The number of benzene rings is 1. The number of fused-ring (bicyclic) bond motifs is 1. The van der Waals surface area contributed by atoms with E-state index in [1.807, 2.05) is 0 Å². The number of nitrogens with zero attached hydrogens (tertiary/aromatic N) is 3. The van der Waals surface area contributed by atoms with Gasteiger partial charge in [0.15, 0.2) is 0 Å². The van der Waals surface area contributed by atoms with Gasteiger partial charge in [-0.3, -0.25) is 4.90 Å². The number of amides is 1. The zero-order valence-electron chi connectivity index (χ0n) is 15.0. The molecule has 2 aromatic rings. The number of hydrogen-bond acceptors (Lipinski definition) is 2. The third-order valence-electron chi connectivity index (χ3n) is 4.96. The summed E-state index contributed by atoms with van der Waals surface area (Å²) >= 11 is 0. The first kappa shape index (κ1) is 19.3. The summed E-state index contributed by atoms with van der Waals surface area (Å²) in [6.07, 6.45) is -0.845. The minimum Gasteiger partial charge on any atom is -0.465 e. The molecule has 1 atom stereocenters. The lowest BCUT2D eigenvalue weighted by molar-refractivity contribution is -0.137. The summed E-state index contributed by atoms with van der Waals surface area (Å²) in [5.74, 6) is 0.956. The normalized spacial score (nSPS) is 17.0. The van der Waals surface area contributed by atoms with Crippen molar-refractivity contribution in [1.82, 2.24) is 14.5 Å². The Labute approximate surface area is 155 Å². The van der Waals surface area contributed by atoms with Crippen LogP contribution in [0.4, 0.5) is 18.0 Å². The number of alkyl halides is 3. The number of aromatic nitrogens is 2. The summed E-state index contributed by atoms with van der Waals surface area (Å²) in [6, 6.07) is 4.69. The van der Waals surface area contributed by atoms with E-state index in [2.05, 4.69) is 16.5 Å². The molecule has 1 N–H and O–H groups in total. The van der Waals surface area contributed by atoms with Crippen LogP contribution in [0.25, 0.3) is 0 Å². The molecule has 1 aliphatic heterocycles. The molecule has 0 spiro atoms. The van der Waals surface area contributed by atoms with Crippen molar-refractivity contribution in [1.29, 1.82) is 0 Å². The summed E-state index contributed by atoms with van der Waals surface area (Å²) in [4.78, 5) is 17.5. The summed E-state index contributed by atoms with van der Waals surface area (Å²) in [6.45, 7) is 3.02. The number of aryl methyl sites for hydroxylation is 2. The first-order valence-electron chi connectivity index (χ1n) is 9.01. The van der Waals surface area contributed by atoms with Gasteiger partial charge in [0.05, 0.1) is 23.5 Å². The average molecular weight is 381 g/mol. The molecule has 1 aliphatic rings. The molecular formula is C19H22F3N3O2. The topological polar surface area (TPSA) is 58.4 Å². The fourth-order valence-electron chi connectivity index (χ4n) is 3.60. The molecule has 8 heteroatoms. The highest BCUT2D eigenvalue weighted by Crippen LogP contribution is 2.32. The lowest BCUT2D eigenvalue weighted by Gasteiger charge is -2.35. The molecule has 0 fully saturated rings. The van der Waals surface area contributed by atoms with E-state index < -0.39 is 17.8 Å². The molecule has 3 rings (SSSR count). The maximum Gasteiger partial charge on any atom is 0.416 e. The van der Waals surface area contributed by atoms with Crippen molar-refractivity contribution < 1.29 is 23.1 Å². The predicted molar refractivity (Wildman–Crippen MR) is 93.5 cm³/mol. The van der Waals surface area contributed by atoms with Crippen molar-refractivity contribution in [3.8, 4) is 0 Å². The molecule has 146 valence electrons. The van der Waals surface area contributed by atoms with E-state index in [9.17, 15) is 23.1 Å². The Balaban J connectivity index is 1.78. The molecule has 0 saturated heterocycles. The van der Waals surface area contributed by atoms with Gasteiger partial charge < -0.3 is 9.67 Å². The van der Waals surface area contributed by atoms with E-state index in [0.717, 1.165) is 42.1 Å². The van der Waals surface area contributed by atoms with Gasteiger partial charge in [-0.25, -0.2) is 9.78 Å². The van der Waals surface area contributed by atoms with Crippen LogP contribution in [-0.2, 0) is 25.6 Å². The molecular weight excluding hydrogens is 359 g/mol. The van der Waals surface area contributed by atoms with Gasteiger partial charge in [-0.05, 0) is 37.0 Å². The highest BCUT2D eigenvalue weighted by molar-refractivity contribution is 5.66. The van der Waals surface area contributed by atoms with Crippen molar-refractivity contribution in [2.24, 2.45) is 0 Å². The third kappa shape index (κ3) is 4.09. The summed E-state index contributed by atoms with van der Waals surface area (Å²) in [7, 11) is 0. The predicted octanol–water partition coefficient (Wildman–Crippen LogP) is 4.52. The minimum atomic E-state index is -4.36. The lowest BCUT2D eigenvalue weighted by atomic mass is 9.99. The third-order valence-corrected chi connectivity index (χ3v) is 4.96. The van der Waals surface area contributed by atoms with Crippen molar-refractivity contribution in [3.05, 3.63) is 53.1 Å². The second-order valence-electron chi connectivity index (χ2n) is 6.73. The average Bonchev–Trinajstić information content (AvgIpc) is 3.02. The van der Waals surface area contributed by atoms with Gasteiger partial charge in [0.2, 0.25) is 0 Å². The molecule has 1 amide bonds. The molecule has 2 heterocycles. The van der Waals surface area contributed by atoms with Crippen molar-refractivity contribution in [2.45, 2.75) is 51.4 Å². The highest BCUT2D eigenvalue weighted by Gasteiger charge is 2.33. The molecule has 0 saturated carbocycles. The van der Waals surface area contributed by atoms with Crippen LogP contribution < -0.4 is 0 Å². The van der Waals surface area contributed by atoms with Gasteiger partial charge in [-0.2, -0.15) is 13.2 Å². The second kappa shape index (κ2) is 7.62. The fourth-order valence-corrected chi connectivity index (χ4v) is 3.60. The van der Waals surface area contributed by atoms with Crippen LogP contribution in [-0.4, -0.2) is 32.2 Å². The fraction of sp³-hybridized carbons (Fsp3) is 0.474. The van der Waals surface area contributed by atoms with Crippen LogP contribution >= 0.6 is 0 Å². The summed E-state index contributed by atoms with van der Waals surface area (Å²) in [5.41, 5.74) is 0.927. The Kier molecular flexibility index (Phi) is 5.43. The Bertz CT molecular complexity index is 800. The first-order valence-corrected chi connectivity index (χ1v) is 9.01. The maximum atomic E-state index is 12.7. The van der Waals surface area contributed by atoms with Crippen LogP contribution in [0, 0.1) is 0 Å². The van der Waals surface area contributed by atoms with Gasteiger partial charge in [0, 0.05) is 19.5 Å². The molecule has 1 unspecified atom stereocenters. The molecule has 1 aromatic heterocycles. The van der Waals surface area contributed by atoms with Crippen LogP contribution in [0.1, 0.15) is 48.5 Å². The number of carbonyl (C=O) groups is 1. The van der Waals surface area contributed by atoms with Gasteiger partial charge >= 0.3 is 12.3 Å². The molecule has 27 heavy (non-hydrogen) atoms. The van der Waals surface area contributed by atoms with Crippen LogP contribution in [0.15, 0.2) is 30.5 Å². The number of halogens is 3. The van der Waals surface area contributed by atoms with Crippen molar-refractivity contribution >= 4 is 6.09 Å². The molecule has 0 bridgehead atoms. The summed E-state index contributed by atoms with van der Waals surface area (Å²) < 4.78 is 40.1. The van der Waals surface area contributed by atoms with E-state index >= 15 is 0 Å². The van der Waals surface area contributed by atoms with E-state index in [4.69, 9.17) is 0 Å². The molecule has 5 nitrogen and oxygen atoms in total. The first-order chi connectivity index (χ1) is 12.8. The summed E-state index contributed by atoms with van der Waals surface area (Å²) in [5, 5.41) is 9.54. The van der Waals surface area contributed by atoms with Crippen molar-refractivity contribution in [3.63, 3.8) is 0 Å². The molecule has 0 radical (unpaired) electrons. The Morgan fingerprint density at radius 1 is 1.22 bits per heavy atom.